The summed E-state index contributed by atoms with van der Waals surface area (Å²) in [5.74, 6) is 0. The minimum atomic E-state index is -0.752. The molecule has 1 rings (SSSR count). The maximum Gasteiger partial charge on any atom is 0.146 e. The first kappa shape index (κ1) is 4.77. The lowest BCUT2D eigenvalue weighted by Crippen LogP contribution is -2.31. The third-order valence-corrected chi connectivity index (χ3v) is 1.08. The van der Waals surface area contributed by atoms with Crippen LogP contribution in [-0.4, -0.2) is 20.0 Å². The molecule has 1 aliphatic heterocycles. The van der Waals surface area contributed by atoms with Crippen molar-refractivity contribution >= 4 is 0 Å². The van der Waals surface area contributed by atoms with Crippen molar-refractivity contribution in [1.82, 2.24) is 0 Å². The van der Waals surface area contributed by atoms with Gasteiger partial charge in [0, 0.05) is 5.41 Å². The van der Waals surface area contributed by atoms with Gasteiger partial charge in [-0.1, -0.05) is 13.8 Å². The monoisotopic (exact) mass is 117 g/mol. The maximum atomic E-state index is 7.00. The van der Waals surface area contributed by atoms with Gasteiger partial charge >= 0.3 is 0 Å². The van der Waals surface area contributed by atoms with Crippen molar-refractivity contribution in [1.29, 1.82) is 0 Å². The molecule has 1 heterocycles. The van der Waals surface area contributed by atoms with Crippen LogP contribution in [0.25, 0.3) is 0 Å². The quantitative estimate of drug-likeness (QED) is 0.471. The van der Waals surface area contributed by atoms with E-state index in [0.29, 0.717) is 13.2 Å². The zero-order valence-electron chi connectivity index (χ0n) is 6.31. The predicted octanol–water partition coefficient (Wildman–Crippen LogP) is 1.02. The van der Waals surface area contributed by atoms with E-state index in [0.717, 1.165) is 0 Å². The van der Waals surface area contributed by atoms with Crippen molar-refractivity contribution in [3.05, 3.63) is 0 Å². The average Bonchev–Trinajstić information content (AvgIpc) is 1.78. The molecule has 2 nitrogen and oxygen atoms in total. The first-order chi connectivity index (χ1) is 4.10. The Kier molecular flexibility index (Phi) is 1.21. The largest absolute Gasteiger partial charge is 0.355 e. The van der Waals surface area contributed by atoms with Crippen LogP contribution in [0.2, 0.25) is 0 Å². The Morgan fingerprint density at radius 1 is 1.38 bits per heavy atom. The molecule has 1 aliphatic rings. The van der Waals surface area contributed by atoms with Crippen LogP contribution in [0.5, 0.6) is 0 Å². The first-order valence-corrected chi connectivity index (χ1v) is 2.76. The van der Waals surface area contributed by atoms with Gasteiger partial charge in [-0.2, -0.15) is 0 Å². The van der Waals surface area contributed by atoms with Crippen molar-refractivity contribution < 1.29 is 10.8 Å². The van der Waals surface area contributed by atoms with Gasteiger partial charge in [-0.25, -0.2) is 0 Å². The SMILES string of the molecule is [2H]C1OCC(C)(C)CO1. The molecule has 0 bridgehead atoms. The van der Waals surface area contributed by atoms with Crippen LogP contribution in [-0.2, 0) is 9.47 Å². The van der Waals surface area contributed by atoms with Crippen molar-refractivity contribution in [2.45, 2.75) is 13.8 Å². The molecule has 0 N–H and O–H groups in total. The molecule has 0 radical (unpaired) electrons. The molecule has 0 aliphatic carbocycles. The lowest BCUT2D eigenvalue weighted by Gasteiger charge is -2.28. The highest BCUT2D eigenvalue weighted by Gasteiger charge is 2.21. The molecule has 1 fully saturated rings. The lowest BCUT2D eigenvalue weighted by atomic mass is 9.96. The fraction of sp³-hybridized carbons (Fsp3) is 1.00. The summed E-state index contributed by atoms with van der Waals surface area (Å²) in [6.07, 6.45) is 0. The molecule has 0 spiro atoms. The molecule has 0 atom stereocenters. The molecule has 0 aromatic rings. The van der Waals surface area contributed by atoms with E-state index in [1.165, 1.54) is 0 Å². The molecule has 0 saturated carbocycles. The maximum absolute atomic E-state index is 7.00. The standard InChI is InChI=1S/C6H12O2/c1-6(2)3-7-5-8-4-6/h3-5H2,1-2H3/i5D. The van der Waals surface area contributed by atoms with E-state index in [9.17, 15) is 0 Å². The topological polar surface area (TPSA) is 18.5 Å². The zero-order chi connectivity index (χ0) is 6.91. The van der Waals surface area contributed by atoms with E-state index in [1.54, 1.807) is 0 Å². The van der Waals surface area contributed by atoms with Gasteiger partial charge in [0.25, 0.3) is 0 Å². The third-order valence-electron chi connectivity index (χ3n) is 1.08. The highest BCUT2D eigenvalue weighted by molar-refractivity contribution is 4.67. The van der Waals surface area contributed by atoms with Gasteiger partial charge < -0.3 is 9.47 Å². The first-order valence-electron chi connectivity index (χ1n) is 3.33. The minimum Gasteiger partial charge on any atom is -0.355 e. The Hall–Kier alpha value is -0.0800. The molecule has 8 heavy (non-hydrogen) atoms. The second kappa shape index (κ2) is 2.03. The second-order valence-electron chi connectivity index (χ2n) is 2.88. The third kappa shape index (κ3) is 1.46. The molecular weight excluding hydrogens is 104 g/mol. The molecule has 1 saturated heterocycles. The van der Waals surface area contributed by atoms with E-state index in [-0.39, 0.29) is 5.41 Å². The molecule has 0 unspecified atom stereocenters. The van der Waals surface area contributed by atoms with E-state index in [4.69, 9.17) is 10.8 Å². The molecule has 2 heteroatoms. The Morgan fingerprint density at radius 3 is 2.25 bits per heavy atom. The van der Waals surface area contributed by atoms with Gasteiger partial charge in [0.15, 0.2) is 0 Å². The summed E-state index contributed by atoms with van der Waals surface area (Å²) < 4.78 is 16.9. The zero-order valence-corrected chi connectivity index (χ0v) is 5.31. The number of hydrogen-bond donors (Lipinski definition) is 0. The van der Waals surface area contributed by atoms with Gasteiger partial charge in [0.2, 0.25) is 0 Å². The molecule has 48 valence electrons. The lowest BCUT2D eigenvalue weighted by molar-refractivity contribution is -0.153. The summed E-state index contributed by atoms with van der Waals surface area (Å²) in [6, 6.07) is 0. The second-order valence-corrected chi connectivity index (χ2v) is 2.88. The van der Waals surface area contributed by atoms with Crippen molar-refractivity contribution in [2.75, 3.05) is 20.0 Å². The Labute approximate surface area is 51.2 Å². The minimum absolute atomic E-state index is 0.0948. The van der Waals surface area contributed by atoms with Crippen LogP contribution in [0.4, 0.5) is 0 Å². The molecule has 0 amide bonds. The van der Waals surface area contributed by atoms with Gasteiger partial charge in [-0.05, 0) is 0 Å². The number of hydrogen-bond acceptors (Lipinski definition) is 2. The summed E-state index contributed by atoms with van der Waals surface area (Å²) in [5, 5.41) is 0. The Bertz CT molecular complexity index is 93.2. The van der Waals surface area contributed by atoms with E-state index in [1.807, 2.05) is 0 Å². The number of ether oxygens (including phenoxy) is 2. The van der Waals surface area contributed by atoms with Gasteiger partial charge in [0.05, 0.1) is 14.6 Å². The predicted molar refractivity (Wildman–Crippen MR) is 30.6 cm³/mol. The van der Waals surface area contributed by atoms with Crippen LogP contribution in [0.15, 0.2) is 0 Å². The summed E-state index contributed by atoms with van der Waals surface area (Å²) in [6.45, 7) is 4.61. The van der Waals surface area contributed by atoms with Crippen LogP contribution < -0.4 is 0 Å². The Morgan fingerprint density at radius 2 is 1.88 bits per heavy atom. The van der Waals surface area contributed by atoms with E-state index >= 15 is 0 Å². The smallest absolute Gasteiger partial charge is 0.146 e. The van der Waals surface area contributed by atoms with Gasteiger partial charge in [0.1, 0.15) is 6.77 Å². The van der Waals surface area contributed by atoms with Gasteiger partial charge in [-0.3, -0.25) is 0 Å². The van der Waals surface area contributed by atoms with Crippen molar-refractivity contribution in [3.63, 3.8) is 0 Å². The van der Waals surface area contributed by atoms with Crippen molar-refractivity contribution in [3.8, 4) is 0 Å². The van der Waals surface area contributed by atoms with Crippen LogP contribution in [0, 0.1) is 5.41 Å². The normalized spacial score (nSPS) is 32.0. The highest BCUT2D eigenvalue weighted by Crippen LogP contribution is 2.18. The van der Waals surface area contributed by atoms with Crippen molar-refractivity contribution in [2.24, 2.45) is 5.41 Å². The Balaban J connectivity index is 2.35. The summed E-state index contributed by atoms with van der Waals surface area (Å²) in [4.78, 5) is 0. The van der Waals surface area contributed by atoms with E-state index < -0.39 is 6.77 Å². The van der Waals surface area contributed by atoms with Crippen LogP contribution in [0.3, 0.4) is 0 Å². The number of rotatable bonds is 0. The summed E-state index contributed by atoms with van der Waals surface area (Å²) in [7, 11) is 0. The fourth-order valence-corrected chi connectivity index (χ4v) is 0.609. The molecule has 0 aromatic heterocycles. The highest BCUT2D eigenvalue weighted by atomic mass is 16.7. The van der Waals surface area contributed by atoms with Crippen LogP contribution >= 0.6 is 0 Å². The molecular formula is C6H12O2. The summed E-state index contributed by atoms with van der Waals surface area (Å²) >= 11 is 0. The fourth-order valence-electron chi connectivity index (χ4n) is 0.609. The molecule has 0 aromatic carbocycles. The van der Waals surface area contributed by atoms with Gasteiger partial charge in [-0.15, -0.1) is 0 Å². The van der Waals surface area contributed by atoms with E-state index in [2.05, 4.69) is 13.8 Å². The van der Waals surface area contributed by atoms with Crippen LogP contribution in [0.1, 0.15) is 15.2 Å². The summed E-state index contributed by atoms with van der Waals surface area (Å²) in [5.41, 5.74) is 0.0948. The average molecular weight is 117 g/mol.